The molecule has 0 aliphatic heterocycles. The van der Waals surface area contributed by atoms with Gasteiger partial charge >= 0.3 is 0 Å². The van der Waals surface area contributed by atoms with E-state index in [1.165, 1.54) is 6.21 Å². The number of hydrogen-bond donors (Lipinski definition) is 2. The highest BCUT2D eigenvalue weighted by Crippen LogP contribution is 2.28. The Labute approximate surface area is 118 Å². The molecule has 0 aliphatic rings. The van der Waals surface area contributed by atoms with Gasteiger partial charge in [0.1, 0.15) is 6.61 Å². The van der Waals surface area contributed by atoms with Crippen molar-refractivity contribution >= 4 is 12.2 Å². The van der Waals surface area contributed by atoms with E-state index in [9.17, 15) is 0 Å². The lowest BCUT2D eigenvalue weighted by Gasteiger charge is -2.12. The minimum absolute atomic E-state index is 0.0901. The van der Waals surface area contributed by atoms with E-state index in [4.69, 9.17) is 20.9 Å². The average Bonchev–Trinajstić information content (AvgIpc) is 2.37. The van der Waals surface area contributed by atoms with Crippen LogP contribution in [0.5, 0.6) is 11.5 Å². The number of ether oxygens (including phenoxy) is 2. The van der Waals surface area contributed by atoms with Crippen LogP contribution >= 0.6 is 0 Å². The first kappa shape index (κ1) is 15.6. The fraction of sp³-hybridized carbons (Fsp3) is 0.286. The summed E-state index contributed by atoms with van der Waals surface area (Å²) in [7, 11) is 0. The largest absolute Gasteiger partial charge is 0.490 e. The summed E-state index contributed by atoms with van der Waals surface area (Å²) in [6, 6.07) is 5.45. The molecule has 4 N–H and O–H groups in total. The Bertz CT molecular complexity index is 520. The van der Waals surface area contributed by atoms with E-state index in [0.29, 0.717) is 24.7 Å². The smallest absolute Gasteiger partial charge is 0.211 e. The fourth-order valence-corrected chi connectivity index (χ4v) is 1.36. The molecule has 0 aromatic heterocycles. The number of nitrogens with two attached hydrogens (primary N) is 2. The van der Waals surface area contributed by atoms with Gasteiger partial charge in [-0.15, -0.1) is 5.10 Å². The zero-order valence-electron chi connectivity index (χ0n) is 11.8. The van der Waals surface area contributed by atoms with Gasteiger partial charge in [-0.05, 0) is 43.2 Å². The van der Waals surface area contributed by atoms with Crippen molar-refractivity contribution in [3.63, 3.8) is 0 Å². The van der Waals surface area contributed by atoms with Gasteiger partial charge in [0.15, 0.2) is 11.5 Å². The van der Waals surface area contributed by atoms with Crippen LogP contribution in [-0.2, 0) is 0 Å². The Hall–Kier alpha value is -2.50. The van der Waals surface area contributed by atoms with Gasteiger partial charge in [-0.25, -0.2) is 0 Å². The van der Waals surface area contributed by atoms with Crippen molar-refractivity contribution in [2.45, 2.75) is 13.8 Å². The highest BCUT2D eigenvalue weighted by Gasteiger charge is 2.05. The number of rotatable bonds is 7. The maximum absolute atomic E-state index is 5.61. The molecule has 0 amide bonds. The Morgan fingerprint density at radius 2 is 2.05 bits per heavy atom. The van der Waals surface area contributed by atoms with Gasteiger partial charge in [-0.1, -0.05) is 6.58 Å². The van der Waals surface area contributed by atoms with Crippen molar-refractivity contribution < 1.29 is 9.47 Å². The summed E-state index contributed by atoms with van der Waals surface area (Å²) >= 11 is 0. The van der Waals surface area contributed by atoms with Crippen molar-refractivity contribution in [2.75, 3.05) is 13.2 Å². The van der Waals surface area contributed by atoms with Gasteiger partial charge in [0.05, 0.1) is 12.8 Å². The Balaban J connectivity index is 2.91. The molecular formula is C14H20N4O2. The molecule has 0 radical (unpaired) electrons. The SMILES string of the molecule is C=C(C)COc1ccc(C=NN=C(N)N)cc1OCC. The summed E-state index contributed by atoms with van der Waals surface area (Å²) in [6.07, 6.45) is 1.53. The quantitative estimate of drug-likeness (QED) is 0.342. The summed E-state index contributed by atoms with van der Waals surface area (Å²) in [5.41, 5.74) is 12.1. The second kappa shape index (κ2) is 7.83. The first-order chi connectivity index (χ1) is 9.52. The summed E-state index contributed by atoms with van der Waals surface area (Å²) < 4.78 is 11.1. The molecule has 6 nitrogen and oxygen atoms in total. The maximum atomic E-state index is 5.61. The zero-order valence-corrected chi connectivity index (χ0v) is 11.8. The second-order valence-corrected chi connectivity index (χ2v) is 4.15. The third-order valence-corrected chi connectivity index (χ3v) is 2.12. The van der Waals surface area contributed by atoms with E-state index in [-0.39, 0.29) is 5.96 Å². The Kier molecular flexibility index (Phi) is 6.09. The van der Waals surface area contributed by atoms with Gasteiger partial charge in [-0.2, -0.15) is 5.10 Å². The van der Waals surface area contributed by atoms with Gasteiger partial charge in [0, 0.05) is 0 Å². The van der Waals surface area contributed by atoms with Crippen LogP contribution < -0.4 is 20.9 Å². The number of hydrogen-bond acceptors (Lipinski definition) is 4. The number of nitrogens with zero attached hydrogens (tertiary/aromatic N) is 2. The number of guanidine groups is 1. The predicted molar refractivity (Wildman–Crippen MR) is 81.3 cm³/mol. The van der Waals surface area contributed by atoms with Gasteiger partial charge in [-0.3, -0.25) is 0 Å². The van der Waals surface area contributed by atoms with E-state index in [0.717, 1.165) is 11.1 Å². The molecule has 0 saturated carbocycles. The lowest BCUT2D eigenvalue weighted by atomic mass is 10.2. The van der Waals surface area contributed by atoms with Crippen molar-refractivity contribution in [1.29, 1.82) is 0 Å². The van der Waals surface area contributed by atoms with Crippen molar-refractivity contribution in [3.05, 3.63) is 35.9 Å². The summed E-state index contributed by atoms with van der Waals surface area (Å²) in [4.78, 5) is 0. The molecule has 108 valence electrons. The van der Waals surface area contributed by atoms with Crippen LogP contribution in [0.1, 0.15) is 19.4 Å². The summed E-state index contributed by atoms with van der Waals surface area (Å²) in [5, 5.41) is 7.28. The molecule has 0 fully saturated rings. The second-order valence-electron chi connectivity index (χ2n) is 4.15. The highest BCUT2D eigenvalue weighted by molar-refractivity contribution is 5.82. The molecule has 1 aromatic carbocycles. The molecular weight excluding hydrogens is 256 g/mol. The van der Waals surface area contributed by atoms with Crippen molar-refractivity contribution in [1.82, 2.24) is 0 Å². The van der Waals surface area contributed by atoms with Gasteiger partial charge in [0.25, 0.3) is 0 Å². The molecule has 1 aromatic rings. The molecule has 0 heterocycles. The van der Waals surface area contributed by atoms with Crippen molar-refractivity contribution in [2.24, 2.45) is 21.7 Å². The third-order valence-electron chi connectivity index (χ3n) is 2.12. The van der Waals surface area contributed by atoms with E-state index in [2.05, 4.69) is 16.8 Å². The first-order valence-electron chi connectivity index (χ1n) is 6.19. The molecule has 0 spiro atoms. The molecule has 1 rings (SSSR count). The third kappa shape index (κ3) is 5.43. The zero-order chi connectivity index (χ0) is 15.0. The standard InChI is InChI=1S/C14H20N4O2/c1-4-19-13-7-11(8-17-18-14(15)16)5-6-12(13)20-9-10(2)3/h5-8H,2,4,9H2,1,3H3,(H4,15,16,18). The Morgan fingerprint density at radius 1 is 1.30 bits per heavy atom. The van der Waals surface area contributed by atoms with Gasteiger partial charge in [0.2, 0.25) is 5.96 Å². The molecule has 0 bridgehead atoms. The Morgan fingerprint density at radius 3 is 2.65 bits per heavy atom. The minimum Gasteiger partial charge on any atom is -0.490 e. The lowest BCUT2D eigenvalue weighted by molar-refractivity contribution is 0.293. The van der Waals surface area contributed by atoms with Crippen molar-refractivity contribution in [3.8, 4) is 11.5 Å². The molecule has 0 saturated heterocycles. The van der Waals surface area contributed by atoms with E-state index < -0.39 is 0 Å². The van der Waals surface area contributed by atoms with Crippen LogP contribution in [0.15, 0.2) is 40.6 Å². The monoisotopic (exact) mass is 276 g/mol. The lowest BCUT2D eigenvalue weighted by Crippen LogP contribution is -2.21. The summed E-state index contributed by atoms with van der Waals surface area (Å²) in [5.74, 6) is 1.21. The van der Waals surface area contributed by atoms with E-state index in [1.807, 2.05) is 32.0 Å². The molecule has 20 heavy (non-hydrogen) atoms. The molecule has 0 unspecified atom stereocenters. The van der Waals surface area contributed by atoms with Crippen LogP contribution in [0.3, 0.4) is 0 Å². The fourth-order valence-electron chi connectivity index (χ4n) is 1.36. The van der Waals surface area contributed by atoms with E-state index in [1.54, 1.807) is 0 Å². The minimum atomic E-state index is -0.0901. The highest BCUT2D eigenvalue weighted by atomic mass is 16.5. The topological polar surface area (TPSA) is 95.2 Å². The molecule has 0 atom stereocenters. The predicted octanol–water partition coefficient (Wildman–Crippen LogP) is 1.65. The number of benzene rings is 1. The normalized spacial score (nSPS) is 10.3. The maximum Gasteiger partial charge on any atom is 0.211 e. The van der Waals surface area contributed by atoms with E-state index >= 15 is 0 Å². The molecule has 0 aliphatic carbocycles. The average molecular weight is 276 g/mol. The van der Waals surface area contributed by atoms with Crippen LogP contribution in [0.4, 0.5) is 0 Å². The first-order valence-corrected chi connectivity index (χ1v) is 6.19. The van der Waals surface area contributed by atoms with Gasteiger partial charge < -0.3 is 20.9 Å². The summed E-state index contributed by atoms with van der Waals surface area (Å²) in [6.45, 7) is 8.59. The molecule has 6 heteroatoms. The van der Waals surface area contributed by atoms with Crippen LogP contribution in [0, 0.1) is 0 Å². The van der Waals surface area contributed by atoms with Crippen LogP contribution in [0.2, 0.25) is 0 Å². The van der Waals surface area contributed by atoms with Crippen LogP contribution in [-0.4, -0.2) is 25.4 Å². The van der Waals surface area contributed by atoms with Crippen LogP contribution in [0.25, 0.3) is 0 Å².